The second kappa shape index (κ2) is 4.90. The molecule has 0 radical (unpaired) electrons. The standard InChI is InChI=1S/C16H12ClNO/c1-11-2-4-12(5-3-11)6-9-16-18-14-10-13(17)7-8-15(14)19-16/h2-10H,1H3/b9-6+. The van der Waals surface area contributed by atoms with Crippen LogP contribution in [0.25, 0.3) is 23.3 Å². The van der Waals surface area contributed by atoms with Gasteiger partial charge in [0.2, 0.25) is 5.89 Å². The number of hydrogen-bond donors (Lipinski definition) is 0. The predicted molar refractivity (Wildman–Crippen MR) is 79.1 cm³/mol. The van der Waals surface area contributed by atoms with Crippen LogP contribution in [0.3, 0.4) is 0 Å². The molecular weight excluding hydrogens is 258 g/mol. The maximum atomic E-state index is 5.92. The number of fused-ring (bicyclic) bond motifs is 1. The number of rotatable bonds is 2. The maximum Gasteiger partial charge on any atom is 0.220 e. The lowest BCUT2D eigenvalue weighted by Crippen LogP contribution is -1.74. The fourth-order valence-corrected chi connectivity index (χ4v) is 2.00. The van der Waals surface area contributed by atoms with Gasteiger partial charge >= 0.3 is 0 Å². The quantitative estimate of drug-likeness (QED) is 0.657. The molecule has 0 aliphatic rings. The van der Waals surface area contributed by atoms with E-state index >= 15 is 0 Å². The molecule has 1 heterocycles. The topological polar surface area (TPSA) is 26.0 Å². The minimum absolute atomic E-state index is 0.581. The molecule has 3 heteroatoms. The molecule has 19 heavy (non-hydrogen) atoms. The molecule has 0 saturated heterocycles. The van der Waals surface area contributed by atoms with Gasteiger partial charge in [0, 0.05) is 11.1 Å². The Kier molecular flexibility index (Phi) is 3.10. The van der Waals surface area contributed by atoms with E-state index in [2.05, 4.69) is 36.2 Å². The summed E-state index contributed by atoms with van der Waals surface area (Å²) < 4.78 is 5.61. The number of nitrogens with zero attached hydrogens (tertiary/aromatic N) is 1. The zero-order valence-electron chi connectivity index (χ0n) is 10.4. The van der Waals surface area contributed by atoms with E-state index in [1.54, 1.807) is 12.1 Å². The third-order valence-corrected chi connectivity index (χ3v) is 3.10. The first-order chi connectivity index (χ1) is 9.20. The smallest absolute Gasteiger partial charge is 0.220 e. The van der Waals surface area contributed by atoms with Gasteiger partial charge in [-0.05, 0) is 36.8 Å². The van der Waals surface area contributed by atoms with Crippen molar-refractivity contribution in [2.75, 3.05) is 0 Å². The van der Waals surface area contributed by atoms with Crippen LogP contribution in [0.15, 0.2) is 46.9 Å². The van der Waals surface area contributed by atoms with Crippen molar-refractivity contribution in [2.45, 2.75) is 6.92 Å². The number of oxazole rings is 1. The Morgan fingerprint density at radius 1 is 1.05 bits per heavy atom. The van der Waals surface area contributed by atoms with Gasteiger partial charge in [-0.3, -0.25) is 0 Å². The van der Waals surface area contributed by atoms with E-state index < -0.39 is 0 Å². The molecule has 0 amide bonds. The molecule has 3 aromatic rings. The van der Waals surface area contributed by atoms with E-state index in [1.165, 1.54) is 5.56 Å². The van der Waals surface area contributed by atoms with Gasteiger partial charge in [-0.25, -0.2) is 4.98 Å². The largest absolute Gasteiger partial charge is 0.437 e. The van der Waals surface area contributed by atoms with Crippen molar-refractivity contribution < 1.29 is 4.42 Å². The number of benzene rings is 2. The van der Waals surface area contributed by atoms with Crippen LogP contribution in [-0.2, 0) is 0 Å². The van der Waals surface area contributed by atoms with Gasteiger partial charge in [0.1, 0.15) is 5.52 Å². The van der Waals surface area contributed by atoms with E-state index in [4.69, 9.17) is 16.0 Å². The lowest BCUT2D eigenvalue weighted by molar-refractivity contribution is 0.590. The molecule has 0 atom stereocenters. The Morgan fingerprint density at radius 3 is 2.63 bits per heavy atom. The summed E-state index contributed by atoms with van der Waals surface area (Å²) in [7, 11) is 0. The number of halogens is 1. The molecule has 94 valence electrons. The highest BCUT2D eigenvalue weighted by Crippen LogP contribution is 2.21. The Balaban J connectivity index is 1.90. The number of hydrogen-bond acceptors (Lipinski definition) is 2. The summed E-state index contributed by atoms with van der Waals surface area (Å²) in [5.41, 5.74) is 3.88. The molecule has 0 bridgehead atoms. The van der Waals surface area contributed by atoms with Crippen LogP contribution >= 0.6 is 11.6 Å². The summed E-state index contributed by atoms with van der Waals surface area (Å²) in [5, 5.41) is 0.662. The summed E-state index contributed by atoms with van der Waals surface area (Å²) in [6.07, 6.45) is 3.84. The molecule has 0 spiro atoms. The van der Waals surface area contributed by atoms with Gasteiger partial charge in [-0.15, -0.1) is 0 Å². The highest BCUT2D eigenvalue weighted by atomic mass is 35.5. The van der Waals surface area contributed by atoms with Crippen LogP contribution in [0.1, 0.15) is 17.0 Å². The monoisotopic (exact) mass is 269 g/mol. The molecule has 0 saturated carbocycles. The van der Waals surface area contributed by atoms with Crippen molar-refractivity contribution in [3.8, 4) is 0 Å². The molecular formula is C16H12ClNO. The molecule has 0 aliphatic heterocycles. The average Bonchev–Trinajstić information content (AvgIpc) is 2.80. The van der Waals surface area contributed by atoms with E-state index in [0.29, 0.717) is 10.9 Å². The molecule has 0 aliphatic carbocycles. The molecule has 2 aromatic carbocycles. The van der Waals surface area contributed by atoms with Crippen molar-refractivity contribution in [3.63, 3.8) is 0 Å². The minimum Gasteiger partial charge on any atom is -0.437 e. The van der Waals surface area contributed by atoms with Gasteiger partial charge in [0.25, 0.3) is 0 Å². The van der Waals surface area contributed by atoms with Crippen molar-refractivity contribution in [3.05, 3.63) is 64.5 Å². The Hall–Kier alpha value is -2.06. The van der Waals surface area contributed by atoms with Crippen LogP contribution < -0.4 is 0 Å². The zero-order valence-corrected chi connectivity index (χ0v) is 11.2. The van der Waals surface area contributed by atoms with Crippen LogP contribution in [0, 0.1) is 6.92 Å². The second-order valence-electron chi connectivity index (χ2n) is 4.41. The first kappa shape index (κ1) is 12.0. The summed E-state index contributed by atoms with van der Waals surface area (Å²) >= 11 is 5.92. The second-order valence-corrected chi connectivity index (χ2v) is 4.84. The maximum absolute atomic E-state index is 5.92. The lowest BCUT2D eigenvalue weighted by atomic mass is 10.1. The molecule has 3 rings (SSSR count). The van der Waals surface area contributed by atoms with Crippen LogP contribution in [0.2, 0.25) is 5.02 Å². The zero-order chi connectivity index (χ0) is 13.2. The van der Waals surface area contributed by atoms with E-state index in [-0.39, 0.29) is 0 Å². The summed E-state index contributed by atoms with van der Waals surface area (Å²) in [5.74, 6) is 0.581. The van der Waals surface area contributed by atoms with Gasteiger partial charge in [-0.2, -0.15) is 0 Å². The van der Waals surface area contributed by atoms with Gasteiger partial charge in [0.05, 0.1) is 0 Å². The first-order valence-corrected chi connectivity index (χ1v) is 6.39. The van der Waals surface area contributed by atoms with E-state index in [0.717, 1.165) is 16.7 Å². The average molecular weight is 270 g/mol. The first-order valence-electron chi connectivity index (χ1n) is 6.01. The Morgan fingerprint density at radius 2 is 1.84 bits per heavy atom. The highest BCUT2D eigenvalue weighted by Gasteiger charge is 2.03. The van der Waals surface area contributed by atoms with Gasteiger partial charge < -0.3 is 4.42 Å². The number of aromatic nitrogens is 1. The third-order valence-electron chi connectivity index (χ3n) is 2.86. The van der Waals surface area contributed by atoms with Crippen LogP contribution in [0.4, 0.5) is 0 Å². The van der Waals surface area contributed by atoms with Gasteiger partial charge in [0.15, 0.2) is 5.58 Å². The van der Waals surface area contributed by atoms with Crippen LogP contribution in [0.5, 0.6) is 0 Å². The highest BCUT2D eigenvalue weighted by molar-refractivity contribution is 6.31. The molecule has 2 nitrogen and oxygen atoms in total. The fourth-order valence-electron chi connectivity index (χ4n) is 1.83. The normalized spacial score (nSPS) is 11.5. The van der Waals surface area contributed by atoms with Gasteiger partial charge in [-0.1, -0.05) is 41.4 Å². The van der Waals surface area contributed by atoms with Crippen LogP contribution in [-0.4, -0.2) is 4.98 Å². The fraction of sp³-hybridized carbons (Fsp3) is 0.0625. The summed E-state index contributed by atoms with van der Waals surface area (Å²) in [6, 6.07) is 13.7. The molecule has 0 unspecified atom stereocenters. The summed E-state index contributed by atoms with van der Waals surface area (Å²) in [6.45, 7) is 2.07. The van der Waals surface area contributed by atoms with E-state index in [9.17, 15) is 0 Å². The van der Waals surface area contributed by atoms with Crippen molar-refractivity contribution >= 4 is 34.9 Å². The Labute approximate surface area is 116 Å². The SMILES string of the molecule is Cc1ccc(/C=C/c2nc3cc(Cl)ccc3o2)cc1. The Bertz CT molecular complexity index is 741. The van der Waals surface area contributed by atoms with Crippen molar-refractivity contribution in [1.82, 2.24) is 4.98 Å². The predicted octanol–water partition coefficient (Wildman–Crippen LogP) is 4.96. The van der Waals surface area contributed by atoms with Crippen molar-refractivity contribution in [1.29, 1.82) is 0 Å². The van der Waals surface area contributed by atoms with E-state index in [1.807, 2.05) is 18.2 Å². The lowest BCUT2D eigenvalue weighted by Gasteiger charge is -1.93. The molecule has 0 fully saturated rings. The summed E-state index contributed by atoms with van der Waals surface area (Å²) in [4.78, 5) is 4.37. The molecule has 1 aromatic heterocycles. The number of aryl methyl sites for hydroxylation is 1. The minimum atomic E-state index is 0.581. The molecule has 0 N–H and O–H groups in total. The van der Waals surface area contributed by atoms with Crippen molar-refractivity contribution in [2.24, 2.45) is 0 Å². The third kappa shape index (κ3) is 2.69.